The molecule has 0 aliphatic carbocycles. The van der Waals surface area contributed by atoms with E-state index in [0.717, 1.165) is 37.2 Å². The van der Waals surface area contributed by atoms with Gasteiger partial charge in [-0.05, 0) is 52.0 Å². The van der Waals surface area contributed by atoms with Crippen LogP contribution in [0.2, 0.25) is 0 Å². The molecule has 0 radical (unpaired) electrons. The lowest BCUT2D eigenvalue weighted by Crippen LogP contribution is -2.14. The SMILES string of the molecule is Cc1cc([N+](=O)[O-])ccc1NCCCCN(C)C. The average Bonchev–Trinajstić information content (AvgIpc) is 2.29. The highest BCUT2D eigenvalue weighted by Crippen LogP contribution is 2.21. The summed E-state index contributed by atoms with van der Waals surface area (Å²) in [6, 6.07) is 4.91. The number of non-ortho nitro benzene ring substituents is 1. The van der Waals surface area contributed by atoms with E-state index in [4.69, 9.17) is 0 Å². The van der Waals surface area contributed by atoms with Crippen LogP contribution in [0.3, 0.4) is 0 Å². The Kier molecular flexibility index (Phi) is 5.58. The summed E-state index contributed by atoms with van der Waals surface area (Å²) >= 11 is 0. The highest BCUT2D eigenvalue weighted by molar-refractivity contribution is 5.55. The summed E-state index contributed by atoms with van der Waals surface area (Å²) in [4.78, 5) is 12.4. The van der Waals surface area contributed by atoms with Crippen LogP contribution in [0.1, 0.15) is 18.4 Å². The Morgan fingerprint density at radius 2 is 2.06 bits per heavy atom. The second kappa shape index (κ2) is 6.96. The third-order valence-corrected chi connectivity index (χ3v) is 2.77. The number of nitro groups is 1. The number of nitrogens with zero attached hydrogens (tertiary/aromatic N) is 2. The fraction of sp³-hybridized carbons (Fsp3) is 0.538. The molecule has 1 rings (SSSR count). The Morgan fingerprint density at radius 3 is 2.61 bits per heavy atom. The summed E-state index contributed by atoms with van der Waals surface area (Å²) in [5, 5.41) is 13.9. The van der Waals surface area contributed by atoms with E-state index in [-0.39, 0.29) is 10.6 Å². The number of unbranched alkanes of at least 4 members (excludes halogenated alkanes) is 1. The molecule has 0 aromatic heterocycles. The molecule has 5 nitrogen and oxygen atoms in total. The third kappa shape index (κ3) is 4.71. The molecule has 100 valence electrons. The van der Waals surface area contributed by atoms with Gasteiger partial charge in [0.2, 0.25) is 0 Å². The van der Waals surface area contributed by atoms with Crippen molar-refractivity contribution in [3.8, 4) is 0 Å². The number of benzene rings is 1. The average molecular weight is 251 g/mol. The molecule has 0 saturated heterocycles. The minimum Gasteiger partial charge on any atom is -0.385 e. The molecule has 0 atom stereocenters. The zero-order valence-corrected chi connectivity index (χ0v) is 11.3. The number of nitro benzene ring substituents is 1. The number of rotatable bonds is 7. The molecule has 0 saturated carbocycles. The topological polar surface area (TPSA) is 58.4 Å². The fourth-order valence-corrected chi connectivity index (χ4v) is 1.74. The van der Waals surface area contributed by atoms with Crippen molar-refractivity contribution in [2.75, 3.05) is 32.5 Å². The van der Waals surface area contributed by atoms with E-state index in [9.17, 15) is 10.1 Å². The molecule has 1 N–H and O–H groups in total. The summed E-state index contributed by atoms with van der Waals surface area (Å²) in [6.45, 7) is 3.86. The maximum Gasteiger partial charge on any atom is 0.269 e. The fourth-order valence-electron chi connectivity index (χ4n) is 1.74. The van der Waals surface area contributed by atoms with E-state index in [1.165, 1.54) is 6.07 Å². The molecule has 18 heavy (non-hydrogen) atoms. The lowest BCUT2D eigenvalue weighted by molar-refractivity contribution is -0.384. The molecule has 1 aromatic rings. The zero-order chi connectivity index (χ0) is 13.5. The van der Waals surface area contributed by atoms with Gasteiger partial charge in [-0.2, -0.15) is 0 Å². The van der Waals surface area contributed by atoms with Gasteiger partial charge in [-0.1, -0.05) is 0 Å². The number of aryl methyl sites for hydroxylation is 1. The third-order valence-electron chi connectivity index (χ3n) is 2.77. The highest BCUT2D eigenvalue weighted by Gasteiger charge is 2.07. The van der Waals surface area contributed by atoms with E-state index >= 15 is 0 Å². The van der Waals surface area contributed by atoms with Crippen molar-refractivity contribution in [2.24, 2.45) is 0 Å². The summed E-state index contributed by atoms with van der Waals surface area (Å²) < 4.78 is 0. The van der Waals surface area contributed by atoms with Crippen molar-refractivity contribution in [2.45, 2.75) is 19.8 Å². The predicted octanol–water partition coefficient (Wildman–Crippen LogP) is 2.66. The Morgan fingerprint density at radius 1 is 1.33 bits per heavy atom. The Bertz CT molecular complexity index is 405. The van der Waals surface area contributed by atoms with Gasteiger partial charge in [0.05, 0.1) is 4.92 Å². The molecule has 0 heterocycles. The van der Waals surface area contributed by atoms with Gasteiger partial charge in [-0.25, -0.2) is 0 Å². The first-order chi connectivity index (χ1) is 8.50. The molecule has 0 spiro atoms. The van der Waals surface area contributed by atoms with E-state index in [2.05, 4.69) is 24.3 Å². The lowest BCUT2D eigenvalue weighted by Gasteiger charge is -2.11. The summed E-state index contributed by atoms with van der Waals surface area (Å²) in [5.41, 5.74) is 2.04. The molecule has 5 heteroatoms. The van der Waals surface area contributed by atoms with Crippen molar-refractivity contribution < 1.29 is 4.92 Å². The van der Waals surface area contributed by atoms with Gasteiger partial charge in [-0.15, -0.1) is 0 Å². The van der Waals surface area contributed by atoms with Crippen LogP contribution in [-0.4, -0.2) is 37.0 Å². The van der Waals surface area contributed by atoms with E-state index in [0.29, 0.717) is 0 Å². The van der Waals surface area contributed by atoms with Crippen LogP contribution >= 0.6 is 0 Å². The first-order valence-corrected chi connectivity index (χ1v) is 6.14. The van der Waals surface area contributed by atoms with Crippen molar-refractivity contribution in [1.29, 1.82) is 0 Å². The molecule has 0 bridgehead atoms. The van der Waals surface area contributed by atoms with Crippen molar-refractivity contribution in [3.63, 3.8) is 0 Å². The van der Waals surface area contributed by atoms with Crippen molar-refractivity contribution in [3.05, 3.63) is 33.9 Å². The molecule has 0 aliphatic rings. The Hall–Kier alpha value is -1.62. The lowest BCUT2D eigenvalue weighted by atomic mass is 10.1. The van der Waals surface area contributed by atoms with E-state index in [1.807, 2.05) is 6.92 Å². The maximum atomic E-state index is 10.6. The summed E-state index contributed by atoms with van der Waals surface area (Å²) in [7, 11) is 4.13. The first kappa shape index (κ1) is 14.4. The minimum absolute atomic E-state index is 0.144. The zero-order valence-electron chi connectivity index (χ0n) is 11.3. The van der Waals surface area contributed by atoms with Crippen LogP contribution in [-0.2, 0) is 0 Å². The minimum atomic E-state index is -0.367. The van der Waals surface area contributed by atoms with Crippen LogP contribution in [0.4, 0.5) is 11.4 Å². The van der Waals surface area contributed by atoms with Crippen LogP contribution in [0.5, 0.6) is 0 Å². The smallest absolute Gasteiger partial charge is 0.269 e. The Labute approximate surface area is 108 Å². The van der Waals surface area contributed by atoms with Crippen molar-refractivity contribution >= 4 is 11.4 Å². The van der Waals surface area contributed by atoms with E-state index in [1.54, 1.807) is 12.1 Å². The molecule has 1 aromatic carbocycles. The largest absolute Gasteiger partial charge is 0.385 e. The quantitative estimate of drug-likeness (QED) is 0.460. The van der Waals surface area contributed by atoms with Gasteiger partial charge < -0.3 is 10.2 Å². The number of hydrogen-bond donors (Lipinski definition) is 1. The van der Waals surface area contributed by atoms with Gasteiger partial charge in [0, 0.05) is 24.4 Å². The van der Waals surface area contributed by atoms with Gasteiger partial charge in [0.15, 0.2) is 0 Å². The van der Waals surface area contributed by atoms with Gasteiger partial charge >= 0.3 is 0 Å². The number of anilines is 1. The van der Waals surface area contributed by atoms with Crippen LogP contribution in [0, 0.1) is 17.0 Å². The van der Waals surface area contributed by atoms with Crippen molar-refractivity contribution in [1.82, 2.24) is 4.90 Å². The van der Waals surface area contributed by atoms with Gasteiger partial charge in [-0.3, -0.25) is 10.1 Å². The molecule has 0 unspecified atom stereocenters. The standard InChI is InChI=1S/C13H21N3O2/c1-11-10-12(16(17)18)6-7-13(11)14-8-4-5-9-15(2)3/h6-7,10,14H,4-5,8-9H2,1-3H3. The van der Waals surface area contributed by atoms with Gasteiger partial charge in [0.25, 0.3) is 5.69 Å². The normalized spacial score (nSPS) is 10.7. The molecule has 0 aliphatic heterocycles. The number of nitrogens with one attached hydrogen (secondary N) is 1. The summed E-state index contributed by atoms with van der Waals surface area (Å²) in [6.07, 6.45) is 2.24. The molecular formula is C13H21N3O2. The van der Waals surface area contributed by atoms with Crippen LogP contribution in [0.15, 0.2) is 18.2 Å². The first-order valence-electron chi connectivity index (χ1n) is 6.14. The summed E-state index contributed by atoms with van der Waals surface area (Å²) in [5.74, 6) is 0. The molecule has 0 fully saturated rings. The monoisotopic (exact) mass is 251 g/mol. The number of hydrogen-bond acceptors (Lipinski definition) is 4. The second-order valence-corrected chi connectivity index (χ2v) is 4.69. The van der Waals surface area contributed by atoms with E-state index < -0.39 is 0 Å². The second-order valence-electron chi connectivity index (χ2n) is 4.69. The van der Waals surface area contributed by atoms with Crippen LogP contribution in [0.25, 0.3) is 0 Å². The highest BCUT2D eigenvalue weighted by atomic mass is 16.6. The molecule has 0 amide bonds. The maximum absolute atomic E-state index is 10.6. The van der Waals surface area contributed by atoms with Gasteiger partial charge in [0.1, 0.15) is 0 Å². The predicted molar refractivity (Wildman–Crippen MR) is 74.1 cm³/mol. The Balaban J connectivity index is 2.41. The van der Waals surface area contributed by atoms with Crippen LogP contribution < -0.4 is 5.32 Å². The molecular weight excluding hydrogens is 230 g/mol.